The van der Waals surface area contributed by atoms with Gasteiger partial charge in [-0.3, -0.25) is 9.59 Å². The molecule has 1 aliphatic heterocycles. The van der Waals surface area contributed by atoms with Gasteiger partial charge in [0.25, 0.3) is 8.32 Å². The predicted octanol–water partition coefficient (Wildman–Crippen LogP) is 7.80. The molecule has 272 valence electrons. The molecule has 4 aromatic carbocycles. The highest BCUT2D eigenvalue weighted by molar-refractivity contribution is 6.99. The summed E-state index contributed by atoms with van der Waals surface area (Å²) in [7, 11) is -4.09. The van der Waals surface area contributed by atoms with E-state index in [-0.39, 0.29) is 29.5 Å². The van der Waals surface area contributed by atoms with Crippen LogP contribution in [0, 0.1) is 23.6 Å². The van der Waals surface area contributed by atoms with Crippen LogP contribution in [-0.4, -0.2) is 49.8 Å². The summed E-state index contributed by atoms with van der Waals surface area (Å²) in [6.45, 7) is 8.90. The molecule has 1 saturated heterocycles. The minimum absolute atomic E-state index is 0.0374. The summed E-state index contributed by atoms with van der Waals surface area (Å²) < 4.78 is 27.9. The van der Waals surface area contributed by atoms with Crippen molar-refractivity contribution in [2.45, 2.75) is 64.4 Å². The van der Waals surface area contributed by atoms with Crippen LogP contribution in [0.5, 0.6) is 5.75 Å². The van der Waals surface area contributed by atoms with Gasteiger partial charge in [0.2, 0.25) is 0 Å². The molecule has 1 heterocycles. The minimum Gasteiger partial charge on any atom is -0.505 e. The monoisotopic (exact) mass is 728 g/mol. The van der Waals surface area contributed by atoms with Crippen molar-refractivity contribution in [3.8, 4) is 5.75 Å². The van der Waals surface area contributed by atoms with E-state index in [1.165, 1.54) is 12.1 Å². The van der Waals surface area contributed by atoms with E-state index >= 15 is 0 Å². The molecular formula is C44H46BFO6Si. The number of ketones is 2. The van der Waals surface area contributed by atoms with Crippen LogP contribution < -0.4 is 10.4 Å². The molecular weight excluding hydrogens is 682 g/mol. The highest BCUT2D eigenvalue weighted by Crippen LogP contribution is 2.51. The first kappa shape index (κ1) is 36.9. The number of allylic oxidation sites excluding steroid dienone is 1. The molecule has 53 heavy (non-hydrogen) atoms. The van der Waals surface area contributed by atoms with E-state index in [4.69, 9.17) is 9.08 Å². The number of benzene rings is 4. The zero-order chi connectivity index (χ0) is 37.5. The molecule has 7 rings (SSSR count). The van der Waals surface area contributed by atoms with Gasteiger partial charge in [0, 0.05) is 23.0 Å². The van der Waals surface area contributed by atoms with Crippen LogP contribution in [0.3, 0.4) is 0 Å². The van der Waals surface area contributed by atoms with Crippen molar-refractivity contribution in [3.05, 3.63) is 142 Å². The summed E-state index contributed by atoms with van der Waals surface area (Å²) in [5.74, 6) is -2.76. The van der Waals surface area contributed by atoms with E-state index in [2.05, 4.69) is 69.3 Å². The van der Waals surface area contributed by atoms with E-state index in [0.717, 1.165) is 27.1 Å². The van der Waals surface area contributed by atoms with Gasteiger partial charge in [-0.05, 0) is 82.7 Å². The summed E-state index contributed by atoms with van der Waals surface area (Å²) in [6.07, 6.45) is 3.00. The third-order valence-electron chi connectivity index (χ3n) is 11.4. The molecule has 3 aliphatic rings. The summed E-state index contributed by atoms with van der Waals surface area (Å²) in [5.41, 5.74) is 4.42. The SMILES string of the molecule is C/C(=C\c1ccc(O)c(F)c1)CC[C@H]1OB(O)C[C@H]2C1=C(CO[Si](c1ccccc1)(c1ccccc1)C(C)(C)C)C[C@H]1C(=O)c3ccccc3C(=O)[C@H]12. The maximum absolute atomic E-state index is 14.3. The number of hydrogen-bond donors (Lipinski definition) is 2. The molecule has 0 amide bonds. The normalized spacial score (nSPS) is 22.0. The lowest BCUT2D eigenvalue weighted by molar-refractivity contribution is 0.0591. The van der Waals surface area contributed by atoms with Crippen LogP contribution in [0.15, 0.2) is 120 Å². The van der Waals surface area contributed by atoms with Crippen molar-refractivity contribution >= 4 is 43.5 Å². The third kappa shape index (κ3) is 6.92. The summed E-state index contributed by atoms with van der Waals surface area (Å²) >= 11 is 0. The second kappa shape index (κ2) is 14.8. The lowest BCUT2D eigenvalue weighted by Gasteiger charge is -2.48. The fraction of sp³-hybridized carbons (Fsp3) is 0.318. The molecule has 0 bridgehead atoms. The Hall–Kier alpha value is -4.41. The molecule has 0 aromatic heterocycles. The highest BCUT2D eigenvalue weighted by Gasteiger charge is 2.55. The van der Waals surface area contributed by atoms with Gasteiger partial charge in [0.15, 0.2) is 23.1 Å². The molecule has 2 aliphatic carbocycles. The van der Waals surface area contributed by atoms with E-state index in [0.29, 0.717) is 36.0 Å². The van der Waals surface area contributed by atoms with Crippen LogP contribution in [0.2, 0.25) is 11.4 Å². The Morgan fingerprint density at radius 1 is 0.906 bits per heavy atom. The average Bonchev–Trinajstić information content (AvgIpc) is 3.14. The maximum atomic E-state index is 14.3. The van der Waals surface area contributed by atoms with Crippen LogP contribution >= 0.6 is 0 Å². The van der Waals surface area contributed by atoms with Gasteiger partial charge < -0.3 is 19.2 Å². The van der Waals surface area contributed by atoms with E-state index in [9.17, 15) is 24.1 Å². The molecule has 0 saturated carbocycles. The van der Waals surface area contributed by atoms with E-state index in [1.54, 1.807) is 30.3 Å². The Morgan fingerprint density at radius 2 is 1.51 bits per heavy atom. The van der Waals surface area contributed by atoms with E-state index < -0.39 is 50.9 Å². The van der Waals surface area contributed by atoms with Crippen LogP contribution in [0.1, 0.15) is 73.2 Å². The van der Waals surface area contributed by atoms with Crippen LogP contribution in [0.4, 0.5) is 4.39 Å². The van der Waals surface area contributed by atoms with Crippen molar-refractivity contribution < 1.29 is 33.2 Å². The summed E-state index contributed by atoms with van der Waals surface area (Å²) in [6, 6.07) is 32.2. The van der Waals surface area contributed by atoms with Crippen molar-refractivity contribution in [1.29, 1.82) is 0 Å². The van der Waals surface area contributed by atoms with Gasteiger partial charge in [-0.2, -0.15) is 0 Å². The van der Waals surface area contributed by atoms with Crippen molar-refractivity contribution in [3.63, 3.8) is 0 Å². The molecule has 9 heteroatoms. The number of hydrogen-bond acceptors (Lipinski definition) is 6. The smallest absolute Gasteiger partial charge is 0.455 e. The predicted molar refractivity (Wildman–Crippen MR) is 209 cm³/mol. The Kier molecular flexibility index (Phi) is 10.3. The Labute approximate surface area is 312 Å². The van der Waals surface area contributed by atoms with Crippen molar-refractivity contribution in [2.24, 2.45) is 17.8 Å². The summed E-state index contributed by atoms with van der Waals surface area (Å²) in [4.78, 5) is 28.6. The van der Waals surface area contributed by atoms with Gasteiger partial charge in [0.05, 0.1) is 12.7 Å². The van der Waals surface area contributed by atoms with Gasteiger partial charge in [0.1, 0.15) is 0 Å². The number of phenolic OH excluding ortho intramolecular Hbond substituents is 1. The zero-order valence-corrected chi connectivity index (χ0v) is 31.7. The van der Waals surface area contributed by atoms with Crippen LogP contribution in [0.25, 0.3) is 6.08 Å². The largest absolute Gasteiger partial charge is 0.505 e. The van der Waals surface area contributed by atoms with Crippen molar-refractivity contribution in [1.82, 2.24) is 0 Å². The van der Waals surface area contributed by atoms with E-state index in [1.807, 2.05) is 25.1 Å². The first-order valence-corrected chi connectivity index (χ1v) is 20.4. The van der Waals surface area contributed by atoms with Crippen LogP contribution in [-0.2, 0) is 9.08 Å². The highest BCUT2D eigenvalue weighted by atomic mass is 28.4. The number of halogens is 1. The number of aromatic hydroxyl groups is 1. The number of carbonyl (C=O) groups is 2. The minimum atomic E-state index is -2.98. The molecule has 2 N–H and O–H groups in total. The first-order chi connectivity index (χ1) is 25.4. The summed E-state index contributed by atoms with van der Waals surface area (Å²) in [5, 5.41) is 22.9. The second-order valence-electron chi connectivity index (χ2n) is 15.8. The fourth-order valence-electron chi connectivity index (χ4n) is 9.09. The van der Waals surface area contributed by atoms with Gasteiger partial charge in [-0.1, -0.05) is 123 Å². The zero-order valence-electron chi connectivity index (χ0n) is 30.7. The fourth-order valence-corrected chi connectivity index (χ4v) is 13.6. The average molecular weight is 729 g/mol. The molecule has 4 aromatic rings. The molecule has 0 unspecified atom stereocenters. The van der Waals surface area contributed by atoms with Gasteiger partial charge in [-0.25, -0.2) is 4.39 Å². The second-order valence-corrected chi connectivity index (χ2v) is 20.1. The lowest BCUT2D eigenvalue weighted by Crippen LogP contribution is -2.66. The van der Waals surface area contributed by atoms with Gasteiger partial charge in [-0.15, -0.1) is 0 Å². The Bertz CT molecular complexity index is 2030. The maximum Gasteiger partial charge on any atom is 0.455 e. The Morgan fingerprint density at radius 3 is 2.11 bits per heavy atom. The Balaban J connectivity index is 1.31. The first-order valence-electron chi connectivity index (χ1n) is 18.5. The quantitative estimate of drug-likeness (QED) is 0.135. The standard InChI is InChI=1S/C44H46BFO6Si/c1-28(23-29-20-21-38(47)37(46)24-29)19-22-39-40-30(27-51-53(44(2,3)4,31-13-7-5-8-14-31)32-15-9-6-10-16-32)25-35-41(36(40)26-45(50)52-39)43(49)34-18-12-11-17-33(34)42(35)48/h5-18,20-21,23-24,35-36,39,41,47,50H,19,22,25-27H2,1-4H3/b28-23+/t35-,36+,39-,41-/m1/s1. The number of rotatable bonds is 9. The number of carbonyl (C=O) groups excluding carboxylic acids is 2. The lowest BCUT2D eigenvalue weighted by atomic mass is 9.54. The molecule has 1 fully saturated rings. The topological polar surface area (TPSA) is 93.1 Å². The molecule has 0 spiro atoms. The van der Waals surface area contributed by atoms with Crippen molar-refractivity contribution in [2.75, 3.05) is 6.61 Å². The number of phenols is 1. The molecule has 0 radical (unpaired) electrons. The van der Waals surface area contributed by atoms with Gasteiger partial charge >= 0.3 is 7.12 Å². The molecule has 6 nitrogen and oxygen atoms in total. The number of Topliss-reactive ketones (excluding diaryl/α,β-unsaturated/α-hetero) is 2. The molecule has 4 atom stereocenters. The third-order valence-corrected chi connectivity index (χ3v) is 16.4. The number of fused-ring (bicyclic) bond motifs is 4.